The molecule has 0 radical (unpaired) electrons. The van der Waals surface area contributed by atoms with Crippen LogP contribution in [0.15, 0.2) is 36.5 Å². The van der Waals surface area contributed by atoms with Crippen molar-refractivity contribution in [2.75, 3.05) is 26.8 Å². The summed E-state index contributed by atoms with van der Waals surface area (Å²) in [5.41, 5.74) is 0.0999. The number of hydrogen-bond acceptors (Lipinski definition) is 4. The molecule has 0 bridgehead atoms. The van der Waals surface area contributed by atoms with Crippen LogP contribution in [0, 0.1) is 11.2 Å². The maximum atomic E-state index is 12.9. The third kappa shape index (κ3) is 3.94. The molecule has 2 N–H and O–H groups in total. The molecule has 0 saturated heterocycles. The van der Waals surface area contributed by atoms with Crippen LogP contribution in [-0.2, 0) is 0 Å². The number of rotatable bonds is 6. The fourth-order valence-electron chi connectivity index (χ4n) is 2.17. The minimum absolute atomic E-state index is 0.197. The Hall–Kier alpha value is -2.25. The van der Waals surface area contributed by atoms with Gasteiger partial charge in [-0.1, -0.05) is 6.92 Å². The van der Waals surface area contributed by atoms with Crippen LogP contribution in [0.5, 0.6) is 0 Å². The number of benzene rings is 1. The van der Waals surface area contributed by atoms with Crippen molar-refractivity contribution in [1.29, 1.82) is 0 Å². The first-order valence-electron chi connectivity index (χ1n) is 7.17. The van der Waals surface area contributed by atoms with Crippen molar-refractivity contribution in [2.45, 2.75) is 6.92 Å². The number of carbonyl (C=O) groups is 1. The highest BCUT2D eigenvalue weighted by Crippen LogP contribution is 2.17. The summed E-state index contributed by atoms with van der Waals surface area (Å²) in [5, 5.41) is 22.8. The molecule has 0 aliphatic carbocycles. The van der Waals surface area contributed by atoms with Crippen LogP contribution in [-0.4, -0.2) is 57.6 Å². The van der Waals surface area contributed by atoms with Crippen LogP contribution in [0.3, 0.4) is 0 Å². The summed E-state index contributed by atoms with van der Waals surface area (Å²) in [4.78, 5) is 13.8. The van der Waals surface area contributed by atoms with Crippen molar-refractivity contribution in [3.8, 4) is 5.69 Å². The van der Waals surface area contributed by atoms with Crippen LogP contribution < -0.4 is 0 Å². The lowest BCUT2D eigenvalue weighted by atomic mass is 9.92. The molecule has 0 saturated carbocycles. The maximum absolute atomic E-state index is 12.9. The van der Waals surface area contributed by atoms with E-state index in [1.54, 1.807) is 38.4 Å². The van der Waals surface area contributed by atoms with Crippen LogP contribution in [0.25, 0.3) is 5.69 Å². The van der Waals surface area contributed by atoms with E-state index in [4.69, 9.17) is 0 Å². The number of nitrogens with zero attached hydrogens (tertiary/aromatic N) is 3. The fraction of sp³-hybridized carbons (Fsp3) is 0.375. The van der Waals surface area contributed by atoms with Crippen molar-refractivity contribution in [2.24, 2.45) is 5.41 Å². The zero-order valence-electron chi connectivity index (χ0n) is 13.1. The third-order valence-electron chi connectivity index (χ3n) is 3.63. The molecule has 0 atom stereocenters. The van der Waals surface area contributed by atoms with Gasteiger partial charge in [-0.25, -0.2) is 9.07 Å². The van der Waals surface area contributed by atoms with E-state index in [2.05, 4.69) is 5.10 Å². The van der Waals surface area contributed by atoms with E-state index in [-0.39, 0.29) is 37.2 Å². The SMILES string of the molecule is CN(CC(C)(CO)CO)C(=O)c1ccn(-c2ccc(F)cc2)n1. The average Bonchev–Trinajstić information content (AvgIpc) is 3.04. The first-order chi connectivity index (χ1) is 10.9. The lowest BCUT2D eigenvalue weighted by Crippen LogP contribution is -2.41. The standard InChI is InChI=1S/C16H20FN3O3/c1-16(10-21,11-22)9-19(2)15(23)14-7-8-20(18-14)13-5-3-12(17)4-6-13/h3-8,21-22H,9-11H2,1-2H3. The predicted molar refractivity (Wildman–Crippen MR) is 82.8 cm³/mol. The number of halogens is 1. The van der Waals surface area contributed by atoms with E-state index in [1.165, 1.54) is 21.7 Å². The topological polar surface area (TPSA) is 78.6 Å². The summed E-state index contributed by atoms with van der Waals surface area (Å²) < 4.78 is 14.4. The molecule has 1 aromatic carbocycles. The Morgan fingerprint density at radius 1 is 1.26 bits per heavy atom. The third-order valence-corrected chi connectivity index (χ3v) is 3.63. The van der Waals surface area contributed by atoms with Gasteiger partial charge in [-0.05, 0) is 30.3 Å². The molecule has 7 heteroatoms. The van der Waals surface area contributed by atoms with Gasteiger partial charge in [0.25, 0.3) is 5.91 Å². The van der Waals surface area contributed by atoms with Gasteiger partial charge >= 0.3 is 0 Å². The Kier molecular flexibility index (Phi) is 5.12. The number of aromatic nitrogens is 2. The van der Waals surface area contributed by atoms with Gasteiger partial charge in [0.05, 0.1) is 18.9 Å². The van der Waals surface area contributed by atoms with Gasteiger partial charge in [0.1, 0.15) is 5.82 Å². The first kappa shape index (κ1) is 17.1. The van der Waals surface area contributed by atoms with Crippen molar-refractivity contribution >= 4 is 5.91 Å². The van der Waals surface area contributed by atoms with Gasteiger partial charge in [-0.15, -0.1) is 0 Å². The number of aliphatic hydroxyl groups excluding tert-OH is 2. The number of aliphatic hydroxyl groups is 2. The summed E-state index contributed by atoms with van der Waals surface area (Å²) in [7, 11) is 1.59. The van der Waals surface area contributed by atoms with E-state index >= 15 is 0 Å². The Morgan fingerprint density at radius 2 is 1.87 bits per heavy atom. The number of carbonyl (C=O) groups excluding carboxylic acids is 1. The zero-order chi connectivity index (χ0) is 17.0. The van der Waals surface area contributed by atoms with Crippen LogP contribution in [0.2, 0.25) is 0 Å². The van der Waals surface area contributed by atoms with Gasteiger partial charge in [0, 0.05) is 25.2 Å². The molecular formula is C16H20FN3O3. The summed E-state index contributed by atoms with van der Waals surface area (Å²) in [6.07, 6.45) is 1.62. The van der Waals surface area contributed by atoms with Crippen molar-refractivity contribution < 1.29 is 19.4 Å². The molecule has 124 valence electrons. The first-order valence-corrected chi connectivity index (χ1v) is 7.17. The van der Waals surface area contributed by atoms with Crippen LogP contribution in [0.4, 0.5) is 4.39 Å². The molecule has 0 fully saturated rings. The molecular weight excluding hydrogens is 301 g/mol. The second kappa shape index (κ2) is 6.89. The molecule has 0 unspecified atom stereocenters. The van der Waals surface area contributed by atoms with Gasteiger partial charge in [-0.3, -0.25) is 4.79 Å². The van der Waals surface area contributed by atoms with Gasteiger partial charge in [0.2, 0.25) is 0 Å². The number of amides is 1. The summed E-state index contributed by atoms with van der Waals surface area (Å²) >= 11 is 0. The fourth-order valence-corrected chi connectivity index (χ4v) is 2.17. The summed E-state index contributed by atoms with van der Waals surface area (Å²) in [5.74, 6) is -0.664. The minimum Gasteiger partial charge on any atom is -0.396 e. The Labute approximate surface area is 133 Å². The van der Waals surface area contributed by atoms with Crippen LogP contribution in [0.1, 0.15) is 17.4 Å². The monoisotopic (exact) mass is 321 g/mol. The highest BCUT2D eigenvalue weighted by Gasteiger charge is 2.27. The molecule has 6 nitrogen and oxygen atoms in total. The molecule has 1 amide bonds. The van der Waals surface area contributed by atoms with Crippen molar-refractivity contribution in [1.82, 2.24) is 14.7 Å². The molecule has 2 rings (SSSR count). The highest BCUT2D eigenvalue weighted by atomic mass is 19.1. The quantitative estimate of drug-likeness (QED) is 0.834. The second-order valence-electron chi connectivity index (χ2n) is 5.91. The Balaban J connectivity index is 2.13. The molecule has 1 heterocycles. The Bertz CT molecular complexity index is 665. The molecule has 0 aliphatic heterocycles. The van der Waals surface area contributed by atoms with Crippen molar-refractivity contribution in [3.63, 3.8) is 0 Å². The van der Waals surface area contributed by atoms with E-state index < -0.39 is 5.41 Å². The summed E-state index contributed by atoms with van der Waals surface area (Å²) in [6, 6.07) is 7.33. The van der Waals surface area contributed by atoms with Gasteiger partial charge < -0.3 is 15.1 Å². The lowest BCUT2D eigenvalue weighted by molar-refractivity contribution is 0.0363. The minimum atomic E-state index is -0.774. The molecule has 0 spiro atoms. The zero-order valence-corrected chi connectivity index (χ0v) is 13.1. The molecule has 1 aromatic heterocycles. The molecule has 0 aliphatic rings. The average molecular weight is 321 g/mol. The Morgan fingerprint density at radius 3 is 2.43 bits per heavy atom. The molecule has 23 heavy (non-hydrogen) atoms. The molecule has 2 aromatic rings. The largest absolute Gasteiger partial charge is 0.396 e. The van der Waals surface area contributed by atoms with E-state index in [0.29, 0.717) is 5.69 Å². The number of hydrogen-bond donors (Lipinski definition) is 2. The van der Waals surface area contributed by atoms with Crippen LogP contribution >= 0.6 is 0 Å². The van der Waals surface area contributed by atoms with E-state index in [1.807, 2.05) is 0 Å². The van der Waals surface area contributed by atoms with E-state index in [0.717, 1.165) is 0 Å². The van der Waals surface area contributed by atoms with Gasteiger partial charge in [0.15, 0.2) is 5.69 Å². The normalized spacial score (nSPS) is 11.5. The maximum Gasteiger partial charge on any atom is 0.274 e. The second-order valence-corrected chi connectivity index (χ2v) is 5.91. The smallest absolute Gasteiger partial charge is 0.274 e. The lowest BCUT2D eigenvalue weighted by Gasteiger charge is -2.29. The summed E-state index contributed by atoms with van der Waals surface area (Å²) in [6.45, 7) is 1.42. The van der Waals surface area contributed by atoms with Crippen molar-refractivity contribution in [3.05, 3.63) is 48.0 Å². The highest BCUT2D eigenvalue weighted by molar-refractivity contribution is 5.92. The predicted octanol–water partition coefficient (Wildman–Crippen LogP) is 1.07. The van der Waals surface area contributed by atoms with Gasteiger partial charge in [-0.2, -0.15) is 5.10 Å². The van der Waals surface area contributed by atoms with E-state index in [9.17, 15) is 19.4 Å².